The van der Waals surface area contributed by atoms with E-state index in [0.717, 1.165) is 44.1 Å². The van der Waals surface area contributed by atoms with Gasteiger partial charge in [0.1, 0.15) is 24.5 Å². The van der Waals surface area contributed by atoms with Gasteiger partial charge in [0.25, 0.3) is 0 Å². The van der Waals surface area contributed by atoms with E-state index < -0.39 is 11.6 Å². The molecule has 31 heavy (non-hydrogen) atoms. The smallest absolute Gasteiger partial charge is 0.338 e. The lowest BCUT2D eigenvalue weighted by molar-refractivity contribution is 0.0473. The number of hydrogen-bond acceptors (Lipinski definition) is 6. The van der Waals surface area contributed by atoms with E-state index in [1.807, 2.05) is 6.07 Å². The molecule has 160 valence electrons. The Bertz CT molecular complexity index is 1160. The molecule has 0 amide bonds. The summed E-state index contributed by atoms with van der Waals surface area (Å²) in [5.41, 5.74) is 3.69. The Kier molecular flexibility index (Phi) is 5.47. The molecule has 2 aliphatic rings. The summed E-state index contributed by atoms with van der Waals surface area (Å²) < 4.78 is 22.1. The second-order valence-electron chi connectivity index (χ2n) is 8.11. The Labute approximate surface area is 179 Å². The van der Waals surface area contributed by atoms with Crippen LogP contribution in [0, 0.1) is 0 Å². The van der Waals surface area contributed by atoms with Crippen molar-refractivity contribution < 1.29 is 23.4 Å². The Balaban J connectivity index is 1.26. The number of carbonyl (C=O) groups excluding carboxylic acids is 1. The summed E-state index contributed by atoms with van der Waals surface area (Å²) >= 11 is 0. The zero-order valence-electron chi connectivity index (χ0n) is 17.2. The highest BCUT2D eigenvalue weighted by molar-refractivity contribution is 5.90. The molecule has 1 saturated heterocycles. The second kappa shape index (κ2) is 8.55. The van der Waals surface area contributed by atoms with Crippen LogP contribution in [-0.2, 0) is 28.9 Å². The van der Waals surface area contributed by atoms with E-state index in [9.17, 15) is 9.59 Å². The van der Waals surface area contributed by atoms with E-state index in [-0.39, 0.29) is 12.7 Å². The molecule has 0 radical (unpaired) electrons. The number of esters is 1. The first-order valence-corrected chi connectivity index (χ1v) is 10.8. The molecule has 0 N–H and O–H groups in total. The van der Waals surface area contributed by atoms with Gasteiger partial charge in [0.15, 0.2) is 0 Å². The molecule has 2 heterocycles. The Morgan fingerprint density at radius 3 is 2.61 bits per heavy atom. The minimum absolute atomic E-state index is 0.0109. The molecule has 1 aromatic heterocycles. The predicted molar refractivity (Wildman–Crippen MR) is 115 cm³/mol. The van der Waals surface area contributed by atoms with Gasteiger partial charge >= 0.3 is 11.6 Å². The summed E-state index contributed by atoms with van der Waals surface area (Å²) in [6.45, 7) is 1.31. The van der Waals surface area contributed by atoms with Crippen LogP contribution in [0.3, 0.4) is 0 Å². The largest absolute Gasteiger partial charge is 0.491 e. The Hall–Kier alpha value is -3.12. The lowest BCUT2D eigenvalue weighted by Gasteiger charge is -2.12. The van der Waals surface area contributed by atoms with E-state index >= 15 is 0 Å². The fourth-order valence-electron chi connectivity index (χ4n) is 4.29. The summed E-state index contributed by atoms with van der Waals surface area (Å²) in [4.78, 5) is 24.5. The summed E-state index contributed by atoms with van der Waals surface area (Å²) in [5, 5.41) is 0.825. The molecular formula is C25H24O6. The lowest BCUT2D eigenvalue weighted by atomic mass is 10.0. The third-order valence-electron chi connectivity index (χ3n) is 5.95. The van der Waals surface area contributed by atoms with Gasteiger partial charge in [0, 0.05) is 23.6 Å². The van der Waals surface area contributed by atoms with Crippen molar-refractivity contribution in [3.8, 4) is 5.75 Å². The fourth-order valence-corrected chi connectivity index (χ4v) is 4.29. The molecule has 1 atom stereocenters. The molecule has 1 unspecified atom stereocenters. The summed E-state index contributed by atoms with van der Waals surface area (Å²) in [6, 6.07) is 12.3. The number of hydrogen-bond donors (Lipinski definition) is 0. The van der Waals surface area contributed by atoms with Gasteiger partial charge < -0.3 is 18.6 Å². The average Bonchev–Trinajstić information content (AvgIpc) is 3.46. The number of carbonyl (C=O) groups is 1. The third kappa shape index (κ3) is 4.35. The SMILES string of the molecule is O=C(OCc1cc(=O)oc2cc3c(cc12)CCC3)c1ccc(OCC2CCCO2)cc1. The van der Waals surface area contributed by atoms with Crippen LogP contribution in [0.25, 0.3) is 11.0 Å². The standard InChI is InChI=1S/C25H24O6/c26-24-13-19(22-11-17-3-1-4-18(17)12-23(22)31-24)14-30-25(27)16-6-8-20(9-7-16)29-15-21-5-2-10-28-21/h6-9,11-13,21H,1-5,10,14-15H2. The van der Waals surface area contributed by atoms with Crippen molar-refractivity contribution in [2.75, 3.05) is 13.2 Å². The molecule has 1 aliphatic carbocycles. The van der Waals surface area contributed by atoms with Gasteiger partial charge in [-0.1, -0.05) is 0 Å². The maximum Gasteiger partial charge on any atom is 0.338 e. The van der Waals surface area contributed by atoms with Crippen molar-refractivity contribution in [3.63, 3.8) is 0 Å². The van der Waals surface area contributed by atoms with Crippen molar-refractivity contribution >= 4 is 16.9 Å². The fraction of sp³-hybridized carbons (Fsp3) is 0.360. The molecule has 1 aliphatic heterocycles. The Morgan fingerprint density at radius 2 is 1.84 bits per heavy atom. The normalized spacial score (nSPS) is 17.6. The van der Waals surface area contributed by atoms with E-state index in [1.165, 1.54) is 17.2 Å². The third-order valence-corrected chi connectivity index (χ3v) is 5.95. The molecule has 5 rings (SSSR count). The minimum Gasteiger partial charge on any atom is -0.491 e. The monoisotopic (exact) mass is 420 g/mol. The van der Waals surface area contributed by atoms with Crippen LogP contribution in [0.15, 0.2) is 51.7 Å². The minimum atomic E-state index is -0.451. The lowest BCUT2D eigenvalue weighted by Crippen LogP contribution is -2.16. The van der Waals surface area contributed by atoms with Gasteiger partial charge in [0.05, 0.1) is 11.7 Å². The topological polar surface area (TPSA) is 75.0 Å². The second-order valence-corrected chi connectivity index (χ2v) is 8.11. The average molecular weight is 420 g/mol. The molecular weight excluding hydrogens is 396 g/mol. The number of fused-ring (bicyclic) bond motifs is 2. The highest BCUT2D eigenvalue weighted by Crippen LogP contribution is 2.29. The van der Waals surface area contributed by atoms with Crippen LogP contribution < -0.4 is 10.4 Å². The molecule has 0 saturated carbocycles. The first-order chi connectivity index (χ1) is 15.2. The van der Waals surface area contributed by atoms with Gasteiger partial charge in [-0.15, -0.1) is 0 Å². The quantitative estimate of drug-likeness (QED) is 0.440. The highest BCUT2D eigenvalue weighted by Gasteiger charge is 2.17. The zero-order chi connectivity index (χ0) is 21.2. The van der Waals surface area contributed by atoms with Gasteiger partial charge in [0.2, 0.25) is 0 Å². The van der Waals surface area contributed by atoms with Gasteiger partial charge in [-0.2, -0.15) is 0 Å². The maximum atomic E-state index is 12.5. The molecule has 6 heteroatoms. The van der Waals surface area contributed by atoms with Crippen molar-refractivity contribution in [3.05, 3.63) is 75.1 Å². The summed E-state index contributed by atoms with van der Waals surface area (Å²) in [6.07, 6.45) is 5.35. The van der Waals surface area contributed by atoms with E-state index in [0.29, 0.717) is 29.1 Å². The summed E-state index contributed by atoms with van der Waals surface area (Å²) in [5.74, 6) is 0.237. The van der Waals surface area contributed by atoms with Crippen molar-refractivity contribution in [1.29, 1.82) is 0 Å². The van der Waals surface area contributed by atoms with Crippen LogP contribution in [-0.4, -0.2) is 25.3 Å². The van der Waals surface area contributed by atoms with Crippen LogP contribution in [0.5, 0.6) is 5.75 Å². The van der Waals surface area contributed by atoms with Gasteiger partial charge in [-0.25, -0.2) is 9.59 Å². The van der Waals surface area contributed by atoms with Crippen LogP contribution in [0.4, 0.5) is 0 Å². The van der Waals surface area contributed by atoms with Crippen LogP contribution in [0.1, 0.15) is 46.3 Å². The molecule has 2 aromatic carbocycles. The van der Waals surface area contributed by atoms with Crippen LogP contribution in [0.2, 0.25) is 0 Å². The van der Waals surface area contributed by atoms with Gasteiger partial charge in [-0.3, -0.25) is 0 Å². The first-order valence-electron chi connectivity index (χ1n) is 10.8. The maximum absolute atomic E-state index is 12.5. The number of ether oxygens (including phenoxy) is 3. The molecule has 0 bridgehead atoms. The van der Waals surface area contributed by atoms with Gasteiger partial charge in [-0.05, 0) is 79.6 Å². The Morgan fingerprint density at radius 1 is 1.03 bits per heavy atom. The number of benzene rings is 2. The molecule has 3 aromatic rings. The predicted octanol–water partition coefficient (Wildman–Crippen LogP) is 4.20. The first kappa shape index (κ1) is 19.8. The van der Waals surface area contributed by atoms with E-state index in [2.05, 4.69) is 6.07 Å². The highest BCUT2D eigenvalue weighted by atomic mass is 16.5. The van der Waals surface area contributed by atoms with Crippen molar-refractivity contribution in [2.24, 2.45) is 0 Å². The number of aryl methyl sites for hydroxylation is 2. The van der Waals surface area contributed by atoms with E-state index in [1.54, 1.807) is 24.3 Å². The molecule has 1 fully saturated rings. The number of rotatable bonds is 6. The zero-order valence-corrected chi connectivity index (χ0v) is 17.2. The van der Waals surface area contributed by atoms with Crippen molar-refractivity contribution in [1.82, 2.24) is 0 Å². The van der Waals surface area contributed by atoms with E-state index in [4.69, 9.17) is 18.6 Å². The summed E-state index contributed by atoms with van der Waals surface area (Å²) in [7, 11) is 0. The van der Waals surface area contributed by atoms with Crippen molar-refractivity contribution in [2.45, 2.75) is 44.8 Å². The van der Waals surface area contributed by atoms with Crippen LogP contribution >= 0.6 is 0 Å². The molecule has 6 nitrogen and oxygen atoms in total. The molecule has 0 spiro atoms.